The molecular weight excluding hydrogens is 252 g/mol. The Morgan fingerprint density at radius 1 is 1.16 bits per heavy atom. The van der Waals surface area contributed by atoms with Gasteiger partial charge in [-0.15, -0.1) is 0 Å². The maximum Gasteiger partial charge on any atom is 0.327 e. The minimum absolute atomic E-state index is 0.153. The number of hydroxylamine groups is 3. The van der Waals surface area contributed by atoms with Crippen LogP contribution in [0, 0.1) is 0 Å². The highest BCUT2D eigenvalue weighted by Crippen LogP contribution is 1.84. The SMILES string of the molecule is C/C=C/C(=O)N(C)OC.C/C=C/C(=O)O.CNOC. The first-order valence-electron chi connectivity index (χ1n) is 5.40. The van der Waals surface area contributed by atoms with E-state index in [9.17, 15) is 9.59 Å². The van der Waals surface area contributed by atoms with Gasteiger partial charge in [0.25, 0.3) is 5.91 Å². The van der Waals surface area contributed by atoms with Gasteiger partial charge in [-0.3, -0.25) is 9.63 Å². The van der Waals surface area contributed by atoms with Gasteiger partial charge >= 0.3 is 5.97 Å². The number of nitrogens with zero attached hydrogens (tertiary/aromatic N) is 1. The van der Waals surface area contributed by atoms with Gasteiger partial charge in [-0.1, -0.05) is 12.2 Å². The zero-order valence-corrected chi connectivity index (χ0v) is 12.3. The molecule has 0 aliphatic carbocycles. The number of carboxylic acids is 1. The van der Waals surface area contributed by atoms with E-state index in [1.807, 2.05) is 0 Å². The molecule has 0 radical (unpaired) electrons. The zero-order valence-electron chi connectivity index (χ0n) is 12.3. The summed E-state index contributed by atoms with van der Waals surface area (Å²) in [6.07, 6.45) is 5.66. The van der Waals surface area contributed by atoms with Crippen LogP contribution < -0.4 is 5.48 Å². The average Bonchev–Trinajstić information content (AvgIpc) is 2.39. The molecule has 0 bridgehead atoms. The van der Waals surface area contributed by atoms with Crippen molar-refractivity contribution in [2.75, 3.05) is 28.3 Å². The van der Waals surface area contributed by atoms with E-state index in [1.54, 1.807) is 41.1 Å². The summed E-state index contributed by atoms with van der Waals surface area (Å²) in [6, 6.07) is 0. The van der Waals surface area contributed by atoms with Crippen molar-refractivity contribution < 1.29 is 24.4 Å². The standard InChI is InChI=1S/C6H11NO2.C4H6O2.C2H7NO/c1-4-5-6(8)7(2)9-3;1-2-3-4(5)6;1-3-4-2/h4-5H,1-3H3;2-3H,1H3,(H,5,6);3H,1-2H3/b5-4+;3-2+;. The van der Waals surface area contributed by atoms with Crippen LogP contribution in [0.1, 0.15) is 13.8 Å². The summed E-state index contributed by atoms with van der Waals surface area (Å²) in [7, 11) is 6.28. The van der Waals surface area contributed by atoms with Gasteiger partial charge in [0.05, 0.1) is 14.2 Å². The maximum absolute atomic E-state index is 10.7. The van der Waals surface area contributed by atoms with Crippen molar-refractivity contribution in [1.29, 1.82) is 0 Å². The van der Waals surface area contributed by atoms with Crippen LogP contribution in [0.4, 0.5) is 0 Å². The predicted molar refractivity (Wildman–Crippen MR) is 73.1 cm³/mol. The molecule has 0 aliphatic rings. The third-order valence-electron chi connectivity index (χ3n) is 1.41. The molecule has 0 aromatic heterocycles. The van der Waals surface area contributed by atoms with E-state index < -0.39 is 5.97 Å². The molecule has 0 atom stereocenters. The summed E-state index contributed by atoms with van der Waals surface area (Å²) < 4.78 is 0. The van der Waals surface area contributed by atoms with Crippen LogP contribution in [0.5, 0.6) is 0 Å². The molecule has 0 spiro atoms. The van der Waals surface area contributed by atoms with Crippen LogP contribution >= 0.6 is 0 Å². The van der Waals surface area contributed by atoms with E-state index in [1.165, 1.54) is 19.3 Å². The number of aliphatic carboxylic acids is 1. The van der Waals surface area contributed by atoms with Crippen LogP contribution in [0.3, 0.4) is 0 Å². The molecule has 0 aromatic carbocycles. The van der Waals surface area contributed by atoms with E-state index in [-0.39, 0.29) is 5.91 Å². The highest BCUT2D eigenvalue weighted by atomic mass is 16.7. The zero-order chi connectivity index (χ0) is 15.7. The Balaban J connectivity index is -0.000000222. The van der Waals surface area contributed by atoms with Gasteiger partial charge in [0.2, 0.25) is 0 Å². The van der Waals surface area contributed by atoms with Gasteiger partial charge in [0.15, 0.2) is 0 Å². The molecule has 0 rings (SSSR count). The number of carboxylic acid groups (broad SMARTS) is 1. The topological polar surface area (TPSA) is 88.1 Å². The highest BCUT2D eigenvalue weighted by Gasteiger charge is 1.99. The van der Waals surface area contributed by atoms with Crippen molar-refractivity contribution in [2.24, 2.45) is 0 Å². The Hall–Kier alpha value is -1.70. The second-order valence-electron chi connectivity index (χ2n) is 2.76. The van der Waals surface area contributed by atoms with Crippen LogP contribution in [-0.4, -0.2) is 50.4 Å². The van der Waals surface area contributed by atoms with Crippen molar-refractivity contribution in [3.05, 3.63) is 24.3 Å². The first kappa shape index (κ1) is 22.5. The first-order chi connectivity index (χ1) is 8.90. The molecule has 0 unspecified atom stereocenters. The molecule has 7 nitrogen and oxygen atoms in total. The summed E-state index contributed by atoms with van der Waals surface area (Å²) in [5.74, 6) is -1.04. The van der Waals surface area contributed by atoms with Crippen LogP contribution in [-0.2, 0) is 19.3 Å². The Kier molecular flexibility index (Phi) is 22.1. The molecular formula is C12H24N2O5. The number of carbonyl (C=O) groups is 2. The number of carbonyl (C=O) groups excluding carboxylic acids is 1. The summed E-state index contributed by atoms with van der Waals surface area (Å²) in [5.41, 5.74) is 2.43. The Morgan fingerprint density at radius 2 is 1.58 bits per heavy atom. The molecule has 112 valence electrons. The minimum Gasteiger partial charge on any atom is -0.478 e. The third-order valence-corrected chi connectivity index (χ3v) is 1.41. The second kappa shape index (κ2) is 18.7. The number of allylic oxidation sites excluding steroid dienone is 2. The average molecular weight is 276 g/mol. The first-order valence-corrected chi connectivity index (χ1v) is 5.40. The van der Waals surface area contributed by atoms with Crippen molar-refractivity contribution in [3.8, 4) is 0 Å². The normalized spacial score (nSPS) is 9.37. The summed E-state index contributed by atoms with van der Waals surface area (Å²) in [5, 5.41) is 8.98. The molecule has 0 aliphatic heterocycles. The second-order valence-corrected chi connectivity index (χ2v) is 2.76. The molecule has 0 saturated heterocycles. The Morgan fingerprint density at radius 3 is 1.74 bits per heavy atom. The Labute approximate surface area is 114 Å². The lowest BCUT2D eigenvalue weighted by molar-refractivity contribution is -0.162. The van der Waals surface area contributed by atoms with E-state index in [4.69, 9.17) is 5.11 Å². The molecule has 7 heteroatoms. The number of nitrogens with one attached hydrogen (secondary N) is 1. The molecule has 0 saturated carbocycles. The van der Waals surface area contributed by atoms with E-state index in [0.29, 0.717) is 0 Å². The number of amides is 1. The Bertz CT molecular complexity index is 275. The summed E-state index contributed by atoms with van der Waals surface area (Å²) in [4.78, 5) is 29.1. The summed E-state index contributed by atoms with van der Waals surface area (Å²) >= 11 is 0. The molecule has 0 heterocycles. The highest BCUT2D eigenvalue weighted by molar-refractivity contribution is 5.86. The fourth-order valence-corrected chi connectivity index (χ4v) is 0.480. The lowest BCUT2D eigenvalue weighted by Gasteiger charge is -2.09. The lowest BCUT2D eigenvalue weighted by Crippen LogP contribution is -2.22. The third kappa shape index (κ3) is 26.1. The van der Waals surface area contributed by atoms with Gasteiger partial charge in [-0.25, -0.2) is 15.3 Å². The summed E-state index contributed by atoms with van der Waals surface area (Å²) in [6.45, 7) is 3.44. The van der Waals surface area contributed by atoms with Gasteiger partial charge in [-0.05, 0) is 13.8 Å². The van der Waals surface area contributed by atoms with Crippen LogP contribution in [0.25, 0.3) is 0 Å². The maximum atomic E-state index is 10.7. The fraction of sp³-hybridized carbons (Fsp3) is 0.500. The molecule has 0 aromatic rings. The van der Waals surface area contributed by atoms with Gasteiger partial charge in [0, 0.05) is 26.2 Å². The van der Waals surface area contributed by atoms with Gasteiger partial charge in [-0.2, -0.15) is 0 Å². The number of hydrogen-bond donors (Lipinski definition) is 2. The minimum atomic E-state index is -0.891. The van der Waals surface area contributed by atoms with Crippen molar-refractivity contribution in [1.82, 2.24) is 10.5 Å². The van der Waals surface area contributed by atoms with Crippen molar-refractivity contribution in [2.45, 2.75) is 13.8 Å². The largest absolute Gasteiger partial charge is 0.478 e. The quantitative estimate of drug-likeness (QED) is 0.588. The van der Waals surface area contributed by atoms with Crippen molar-refractivity contribution >= 4 is 11.9 Å². The van der Waals surface area contributed by atoms with Gasteiger partial charge < -0.3 is 9.94 Å². The monoisotopic (exact) mass is 276 g/mol. The van der Waals surface area contributed by atoms with E-state index in [0.717, 1.165) is 11.1 Å². The smallest absolute Gasteiger partial charge is 0.327 e. The van der Waals surface area contributed by atoms with Crippen molar-refractivity contribution in [3.63, 3.8) is 0 Å². The lowest BCUT2D eigenvalue weighted by atomic mass is 10.5. The molecule has 0 fully saturated rings. The molecule has 1 amide bonds. The number of rotatable bonds is 4. The van der Waals surface area contributed by atoms with E-state index in [2.05, 4.69) is 15.2 Å². The van der Waals surface area contributed by atoms with Gasteiger partial charge in [0.1, 0.15) is 0 Å². The molecule has 19 heavy (non-hydrogen) atoms. The number of likely N-dealkylation sites (N-methyl/N-ethyl adjacent to an activating group) is 1. The number of hydrogen-bond acceptors (Lipinski definition) is 5. The van der Waals surface area contributed by atoms with Crippen LogP contribution in [0.2, 0.25) is 0 Å². The van der Waals surface area contributed by atoms with Crippen LogP contribution in [0.15, 0.2) is 24.3 Å². The predicted octanol–water partition coefficient (Wildman–Crippen LogP) is 0.997. The van der Waals surface area contributed by atoms with E-state index >= 15 is 0 Å². The molecule has 2 N–H and O–H groups in total. The fourth-order valence-electron chi connectivity index (χ4n) is 0.480.